The van der Waals surface area contributed by atoms with Gasteiger partial charge < -0.3 is 9.47 Å². The van der Waals surface area contributed by atoms with Crippen LogP contribution in [0.3, 0.4) is 0 Å². The first-order valence-corrected chi connectivity index (χ1v) is 7.75. The molecule has 0 saturated carbocycles. The van der Waals surface area contributed by atoms with Crippen LogP contribution in [0.4, 0.5) is 4.39 Å². The van der Waals surface area contributed by atoms with E-state index in [-0.39, 0.29) is 10.6 Å². The average Bonchev–Trinajstić information content (AvgIpc) is 2.68. The summed E-state index contributed by atoms with van der Waals surface area (Å²) in [7, 11) is 4.07. The molecule has 0 spiro atoms. The summed E-state index contributed by atoms with van der Waals surface area (Å²) in [5, 5.41) is 0.115. The van der Waals surface area contributed by atoms with Crippen molar-refractivity contribution in [3.63, 3.8) is 0 Å². The van der Waals surface area contributed by atoms with Gasteiger partial charge in [-0.1, -0.05) is 11.6 Å². The van der Waals surface area contributed by atoms with Crippen LogP contribution >= 0.6 is 23.2 Å². The molecule has 0 aliphatic rings. The number of benzene rings is 1. The average molecular weight is 332 g/mol. The Hall–Kier alpha value is -0.840. The van der Waals surface area contributed by atoms with Crippen molar-refractivity contribution in [3.05, 3.63) is 28.8 Å². The molecule has 0 aliphatic carbocycles. The lowest BCUT2D eigenvalue weighted by Gasteiger charge is -2.33. The molecular weight excluding hydrogens is 312 g/mol. The molecule has 2 rings (SSSR count). The lowest BCUT2D eigenvalue weighted by atomic mass is 10.0. The van der Waals surface area contributed by atoms with Crippen LogP contribution in [-0.4, -0.2) is 40.0 Å². The Kier molecular flexibility index (Phi) is 4.81. The maximum Gasteiger partial charge on any atom is 0.144 e. The van der Waals surface area contributed by atoms with E-state index in [1.807, 2.05) is 14.1 Å². The first kappa shape index (κ1) is 16.5. The summed E-state index contributed by atoms with van der Waals surface area (Å²) in [6, 6.07) is 3.03. The number of aryl methyl sites for hydroxylation is 1. The van der Waals surface area contributed by atoms with E-state index in [4.69, 9.17) is 23.2 Å². The molecule has 6 heteroatoms. The number of rotatable bonds is 5. The molecule has 1 aromatic carbocycles. The van der Waals surface area contributed by atoms with E-state index >= 15 is 0 Å². The van der Waals surface area contributed by atoms with Crippen LogP contribution in [0.5, 0.6) is 0 Å². The molecule has 21 heavy (non-hydrogen) atoms. The summed E-state index contributed by atoms with van der Waals surface area (Å²) in [5.41, 5.74) is 1.39. The zero-order chi connectivity index (χ0) is 15.8. The molecular formula is C15H20Cl2FN3. The van der Waals surface area contributed by atoms with Crippen molar-refractivity contribution in [2.75, 3.05) is 20.0 Å². The zero-order valence-electron chi connectivity index (χ0n) is 12.8. The van der Waals surface area contributed by atoms with Crippen LogP contribution in [0, 0.1) is 5.82 Å². The van der Waals surface area contributed by atoms with Crippen molar-refractivity contribution in [2.24, 2.45) is 0 Å². The SMILES string of the molecule is CN(C)C(C)(C)Cn1c(CCCl)nc2cc(F)c(Cl)cc21. The van der Waals surface area contributed by atoms with Crippen molar-refractivity contribution in [1.82, 2.24) is 14.5 Å². The predicted molar refractivity (Wildman–Crippen MR) is 86.9 cm³/mol. The first-order chi connectivity index (χ1) is 9.76. The Labute approximate surface area is 134 Å². The normalized spacial score (nSPS) is 12.6. The summed E-state index contributed by atoms with van der Waals surface area (Å²) in [6.07, 6.45) is 0.638. The van der Waals surface area contributed by atoms with E-state index in [0.717, 1.165) is 17.9 Å². The van der Waals surface area contributed by atoms with E-state index < -0.39 is 5.82 Å². The predicted octanol–water partition coefficient (Wildman–Crippen LogP) is 3.95. The molecule has 0 N–H and O–H groups in total. The van der Waals surface area contributed by atoms with Gasteiger partial charge in [0, 0.05) is 30.5 Å². The number of hydrogen-bond donors (Lipinski definition) is 0. The molecule has 2 aromatic rings. The fraction of sp³-hybridized carbons (Fsp3) is 0.533. The summed E-state index contributed by atoms with van der Waals surface area (Å²) >= 11 is 11.8. The van der Waals surface area contributed by atoms with Gasteiger partial charge in [0.15, 0.2) is 0 Å². The third-order valence-electron chi connectivity index (χ3n) is 3.94. The maximum atomic E-state index is 13.6. The lowest BCUT2D eigenvalue weighted by Crippen LogP contribution is -2.42. The van der Waals surface area contributed by atoms with Crippen LogP contribution < -0.4 is 0 Å². The molecule has 0 radical (unpaired) electrons. The molecule has 1 aromatic heterocycles. The van der Waals surface area contributed by atoms with Gasteiger partial charge in [0.05, 0.1) is 16.1 Å². The van der Waals surface area contributed by atoms with Gasteiger partial charge in [0.1, 0.15) is 11.6 Å². The van der Waals surface area contributed by atoms with Gasteiger partial charge in [-0.3, -0.25) is 0 Å². The second-order valence-electron chi connectivity index (χ2n) is 6.02. The number of likely N-dealkylation sites (N-methyl/N-ethyl adjacent to an activating group) is 1. The van der Waals surface area contributed by atoms with E-state index in [0.29, 0.717) is 17.8 Å². The Balaban J connectivity index is 2.58. The molecule has 1 heterocycles. The Morgan fingerprint density at radius 3 is 2.57 bits per heavy atom. The van der Waals surface area contributed by atoms with Gasteiger partial charge in [0.25, 0.3) is 0 Å². The monoisotopic (exact) mass is 331 g/mol. The Bertz CT molecular complexity index is 650. The smallest absolute Gasteiger partial charge is 0.144 e. The van der Waals surface area contributed by atoms with Gasteiger partial charge in [-0.05, 0) is 34.0 Å². The largest absolute Gasteiger partial charge is 0.326 e. The number of hydrogen-bond acceptors (Lipinski definition) is 2. The van der Waals surface area contributed by atoms with Crippen LogP contribution in [0.15, 0.2) is 12.1 Å². The van der Waals surface area contributed by atoms with Crippen molar-refractivity contribution >= 4 is 34.2 Å². The van der Waals surface area contributed by atoms with E-state index in [1.165, 1.54) is 6.07 Å². The Morgan fingerprint density at radius 2 is 2.00 bits per heavy atom. The van der Waals surface area contributed by atoms with Gasteiger partial charge in [-0.25, -0.2) is 9.37 Å². The number of fused-ring (bicyclic) bond motifs is 1. The highest BCUT2D eigenvalue weighted by molar-refractivity contribution is 6.31. The highest BCUT2D eigenvalue weighted by atomic mass is 35.5. The molecule has 0 atom stereocenters. The van der Waals surface area contributed by atoms with Crippen molar-refractivity contribution in [2.45, 2.75) is 32.4 Å². The van der Waals surface area contributed by atoms with Crippen LogP contribution in [0.2, 0.25) is 5.02 Å². The van der Waals surface area contributed by atoms with E-state index in [1.54, 1.807) is 6.07 Å². The van der Waals surface area contributed by atoms with E-state index in [2.05, 4.69) is 28.3 Å². The van der Waals surface area contributed by atoms with Crippen LogP contribution in [-0.2, 0) is 13.0 Å². The second kappa shape index (κ2) is 6.11. The summed E-state index contributed by atoms with van der Waals surface area (Å²) in [4.78, 5) is 6.66. The minimum atomic E-state index is -0.446. The van der Waals surface area contributed by atoms with Gasteiger partial charge in [-0.15, -0.1) is 11.6 Å². The minimum Gasteiger partial charge on any atom is -0.326 e. The van der Waals surface area contributed by atoms with Crippen molar-refractivity contribution in [1.29, 1.82) is 0 Å². The molecule has 116 valence electrons. The molecule has 0 fully saturated rings. The van der Waals surface area contributed by atoms with Crippen molar-refractivity contribution < 1.29 is 4.39 Å². The molecule has 3 nitrogen and oxygen atoms in total. The molecule has 0 amide bonds. The number of nitrogens with zero attached hydrogens (tertiary/aromatic N) is 3. The number of alkyl halides is 1. The number of imidazole rings is 1. The quantitative estimate of drug-likeness (QED) is 0.773. The second-order valence-corrected chi connectivity index (χ2v) is 6.80. The van der Waals surface area contributed by atoms with Gasteiger partial charge >= 0.3 is 0 Å². The number of aromatic nitrogens is 2. The maximum absolute atomic E-state index is 13.6. The topological polar surface area (TPSA) is 21.1 Å². The van der Waals surface area contributed by atoms with Crippen molar-refractivity contribution in [3.8, 4) is 0 Å². The summed E-state index contributed by atoms with van der Waals surface area (Å²) in [5.74, 6) is 0.886. The summed E-state index contributed by atoms with van der Waals surface area (Å²) in [6.45, 7) is 5.02. The van der Waals surface area contributed by atoms with Crippen LogP contribution in [0.25, 0.3) is 11.0 Å². The van der Waals surface area contributed by atoms with E-state index in [9.17, 15) is 4.39 Å². The minimum absolute atomic E-state index is 0.0739. The molecule has 0 bridgehead atoms. The third kappa shape index (κ3) is 3.33. The summed E-state index contributed by atoms with van der Waals surface area (Å²) < 4.78 is 15.7. The highest BCUT2D eigenvalue weighted by Crippen LogP contribution is 2.26. The fourth-order valence-corrected chi connectivity index (χ4v) is 2.48. The molecule has 0 unspecified atom stereocenters. The fourth-order valence-electron chi connectivity index (χ4n) is 2.15. The third-order valence-corrected chi connectivity index (χ3v) is 4.42. The van der Waals surface area contributed by atoms with Gasteiger partial charge in [0.2, 0.25) is 0 Å². The highest BCUT2D eigenvalue weighted by Gasteiger charge is 2.24. The van der Waals surface area contributed by atoms with Crippen LogP contribution in [0.1, 0.15) is 19.7 Å². The molecule has 0 aliphatic heterocycles. The zero-order valence-corrected chi connectivity index (χ0v) is 14.3. The molecule has 0 saturated heterocycles. The number of halogens is 3. The first-order valence-electron chi connectivity index (χ1n) is 6.84. The Morgan fingerprint density at radius 1 is 1.33 bits per heavy atom. The standard InChI is InChI=1S/C15H20Cl2FN3/c1-15(2,20(3)4)9-21-13-7-10(17)11(18)8-12(13)19-14(21)5-6-16/h7-8H,5-6,9H2,1-4H3. The lowest BCUT2D eigenvalue weighted by molar-refractivity contribution is 0.170. The van der Waals surface area contributed by atoms with Gasteiger partial charge in [-0.2, -0.15) is 0 Å².